The molecule has 0 spiro atoms. The molecule has 0 unspecified atom stereocenters. The Kier molecular flexibility index (Phi) is 23.2. The third-order valence-electron chi connectivity index (χ3n) is 7.28. The van der Waals surface area contributed by atoms with Gasteiger partial charge >= 0.3 is 11.9 Å². The second kappa shape index (κ2) is 24.4. The van der Waals surface area contributed by atoms with Crippen LogP contribution in [0.5, 0.6) is 0 Å². The standard InChI is InChI=1S/C30H55NO6/c1-2-3-4-5-6-7-8-9-10-11-12-13-14-15-16-17-18-19-20-24-31(25-21-28(32)33,26-22-29(34)35)27-23-30(36)37/h15-16H,2-14,17-27H2,1H3,(H2-,32,33,34,35,36,37)/b16-15+. The van der Waals surface area contributed by atoms with Crippen LogP contribution in [0.1, 0.15) is 135 Å². The molecule has 0 aliphatic rings. The second-order valence-electron chi connectivity index (χ2n) is 10.6. The van der Waals surface area contributed by atoms with E-state index in [0.717, 1.165) is 32.1 Å². The summed E-state index contributed by atoms with van der Waals surface area (Å²) in [7, 11) is 0. The lowest BCUT2D eigenvalue weighted by atomic mass is 10.0. The maximum atomic E-state index is 11.1. The molecule has 0 aromatic heterocycles. The fraction of sp³-hybridized carbons (Fsp3) is 0.833. The Bertz CT molecular complexity index is 574. The van der Waals surface area contributed by atoms with Gasteiger partial charge in [0, 0.05) is 12.4 Å². The fourth-order valence-electron chi connectivity index (χ4n) is 4.89. The van der Waals surface area contributed by atoms with Crippen LogP contribution in [0.3, 0.4) is 0 Å². The molecule has 0 aromatic carbocycles. The van der Waals surface area contributed by atoms with Gasteiger partial charge in [0.1, 0.15) is 0 Å². The van der Waals surface area contributed by atoms with Gasteiger partial charge in [-0.25, -0.2) is 0 Å². The number of allylic oxidation sites excluding steroid dienone is 2. The van der Waals surface area contributed by atoms with Crippen molar-refractivity contribution in [2.75, 3.05) is 26.2 Å². The second-order valence-corrected chi connectivity index (χ2v) is 10.6. The van der Waals surface area contributed by atoms with Gasteiger partial charge in [0.05, 0.1) is 39.0 Å². The van der Waals surface area contributed by atoms with Crippen LogP contribution in [0.25, 0.3) is 0 Å². The molecule has 0 amide bonds. The van der Waals surface area contributed by atoms with E-state index in [1.807, 2.05) is 0 Å². The van der Waals surface area contributed by atoms with Gasteiger partial charge in [-0.05, 0) is 38.5 Å². The molecule has 0 aliphatic heterocycles. The highest BCUT2D eigenvalue weighted by Crippen LogP contribution is 2.16. The zero-order chi connectivity index (χ0) is 27.6. The summed E-state index contributed by atoms with van der Waals surface area (Å²) >= 11 is 0. The van der Waals surface area contributed by atoms with Crippen LogP contribution in [0.15, 0.2) is 12.2 Å². The first kappa shape index (κ1) is 35.1. The van der Waals surface area contributed by atoms with Crippen molar-refractivity contribution in [3.63, 3.8) is 0 Å². The molecule has 0 aromatic rings. The molecule has 0 atom stereocenters. The van der Waals surface area contributed by atoms with Crippen LogP contribution in [-0.4, -0.2) is 58.8 Å². The molecule has 7 heteroatoms. The van der Waals surface area contributed by atoms with E-state index in [9.17, 15) is 19.5 Å². The molecule has 0 saturated heterocycles. The Labute approximate surface area is 225 Å². The largest absolute Gasteiger partial charge is 0.550 e. The summed E-state index contributed by atoms with van der Waals surface area (Å²) in [5, 5.41) is 29.2. The number of carbonyl (C=O) groups excluding carboxylic acids is 1. The van der Waals surface area contributed by atoms with Crippen LogP contribution >= 0.6 is 0 Å². The van der Waals surface area contributed by atoms with Crippen molar-refractivity contribution >= 4 is 17.9 Å². The monoisotopic (exact) mass is 525 g/mol. The number of nitrogens with zero attached hydrogens (tertiary/aromatic N) is 1. The molecule has 216 valence electrons. The lowest BCUT2D eigenvalue weighted by Gasteiger charge is -2.38. The highest BCUT2D eigenvalue weighted by atomic mass is 16.4. The third kappa shape index (κ3) is 24.2. The summed E-state index contributed by atoms with van der Waals surface area (Å²) < 4.78 is 0.210. The van der Waals surface area contributed by atoms with Gasteiger partial charge in [-0.3, -0.25) is 9.59 Å². The fourth-order valence-corrected chi connectivity index (χ4v) is 4.89. The highest BCUT2D eigenvalue weighted by molar-refractivity contribution is 5.67. The third-order valence-corrected chi connectivity index (χ3v) is 7.28. The normalized spacial score (nSPS) is 11.8. The number of aliphatic carboxylic acids is 3. The zero-order valence-electron chi connectivity index (χ0n) is 23.6. The van der Waals surface area contributed by atoms with Crippen molar-refractivity contribution in [3.05, 3.63) is 12.2 Å². The van der Waals surface area contributed by atoms with Crippen LogP contribution in [0.4, 0.5) is 0 Å². The SMILES string of the molecule is CCCCCCCCCCCCCC/C=C/CCCCC[N+](CCC(=O)[O-])(CCC(=O)O)CCC(=O)O. The Morgan fingerprint density at radius 2 is 0.946 bits per heavy atom. The summed E-state index contributed by atoms with van der Waals surface area (Å²) in [5.74, 6) is -3.10. The van der Waals surface area contributed by atoms with E-state index in [4.69, 9.17) is 10.2 Å². The molecule has 2 N–H and O–H groups in total. The molecule has 0 bridgehead atoms. The minimum absolute atomic E-state index is 0.103. The van der Waals surface area contributed by atoms with Crippen molar-refractivity contribution in [2.45, 2.75) is 135 Å². The predicted molar refractivity (Wildman–Crippen MR) is 147 cm³/mol. The van der Waals surface area contributed by atoms with Gasteiger partial charge in [0.2, 0.25) is 0 Å². The number of carboxylic acids is 3. The quantitative estimate of drug-likeness (QED) is 0.0724. The summed E-state index contributed by atoms with van der Waals surface area (Å²) in [5.41, 5.74) is 0. The summed E-state index contributed by atoms with van der Waals surface area (Å²) in [6, 6.07) is 0. The Balaban J connectivity index is 4.00. The van der Waals surface area contributed by atoms with Crippen molar-refractivity contribution < 1.29 is 34.2 Å². The molecule has 0 aliphatic carbocycles. The summed E-state index contributed by atoms with van der Waals surface area (Å²) in [4.78, 5) is 33.2. The number of hydrogen-bond acceptors (Lipinski definition) is 4. The molecular formula is C30H55NO6. The molecule has 7 nitrogen and oxygen atoms in total. The zero-order valence-corrected chi connectivity index (χ0v) is 23.6. The number of carbonyl (C=O) groups is 3. The highest BCUT2D eigenvalue weighted by Gasteiger charge is 2.28. The van der Waals surface area contributed by atoms with Crippen molar-refractivity contribution in [2.24, 2.45) is 0 Å². The van der Waals surface area contributed by atoms with Gasteiger partial charge in [-0.15, -0.1) is 0 Å². The molecular weight excluding hydrogens is 470 g/mol. The van der Waals surface area contributed by atoms with Gasteiger partial charge in [-0.1, -0.05) is 89.7 Å². The molecule has 37 heavy (non-hydrogen) atoms. The number of rotatable bonds is 28. The van der Waals surface area contributed by atoms with E-state index in [1.54, 1.807) is 0 Å². The van der Waals surface area contributed by atoms with E-state index in [-0.39, 0.29) is 43.4 Å². The van der Waals surface area contributed by atoms with Crippen molar-refractivity contribution in [1.82, 2.24) is 0 Å². The first-order valence-corrected chi connectivity index (χ1v) is 14.9. The van der Waals surface area contributed by atoms with E-state index < -0.39 is 17.9 Å². The van der Waals surface area contributed by atoms with Crippen LogP contribution in [0.2, 0.25) is 0 Å². The molecule has 0 radical (unpaired) electrons. The topological polar surface area (TPSA) is 115 Å². The molecule has 0 fully saturated rings. The minimum Gasteiger partial charge on any atom is -0.550 e. The van der Waals surface area contributed by atoms with E-state index in [1.165, 1.54) is 77.0 Å². The predicted octanol–water partition coefficient (Wildman–Crippen LogP) is 6.10. The number of unbranched alkanes of at least 4 members (excludes halogenated alkanes) is 15. The maximum absolute atomic E-state index is 11.1. The van der Waals surface area contributed by atoms with Crippen LogP contribution in [-0.2, 0) is 14.4 Å². The van der Waals surface area contributed by atoms with E-state index in [2.05, 4.69) is 19.1 Å². The summed E-state index contributed by atoms with van der Waals surface area (Å²) in [6.07, 6.45) is 25.4. The van der Waals surface area contributed by atoms with Crippen LogP contribution in [0, 0.1) is 0 Å². The smallest absolute Gasteiger partial charge is 0.309 e. The average molecular weight is 526 g/mol. The molecule has 0 saturated carbocycles. The first-order valence-electron chi connectivity index (χ1n) is 14.9. The molecule has 0 rings (SSSR count). The lowest BCUT2D eigenvalue weighted by molar-refractivity contribution is -0.927. The Hall–Kier alpha value is -1.89. The lowest BCUT2D eigenvalue weighted by Crippen LogP contribution is -2.53. The maximum Gasteiger partial charge on any atom is 0.309 e. The molecule has 0 heterocycles. The number of quaternary nitrogens is 1. The number of carboxylic acid groups (broad SMARTS) is 3. The van der Waals surface area contributed by atoms with Gasteiger partial charge < -0.3 is 24.6 Å². The van der Waals surface area contributed by atoms with Crippen molar-refractivity contribution in [3.8, 4) is 0 Å². The minimum atomic E-state index is -1.19. The van der Waals surface area contributed by atoms with E-state index >= 15 is 0 Å². The van der Waals surface area contributed by atoms with Gasteiger partial charge in [0.15, 0.2) is 0 Å². The van der Waals surface area contributed by atoms with Crippen LogP contribution < -0.4 is 5.11 Å². The van der Waals surface area contributed by atoms with Gasteiger partial charge in [-0.2, -0.15) is 0 Å². The Morgan fingerprint density at radius 3 is 1.35 bits per heavy atom. The Morgan fingerprint density at radius 1 is 0.568 bits per heavy atom. The number of hydrogen-bond donors (Lipinski definition) is 2. The van der Waals surface area contributed by atoms with Gasteiger partial charge in [0.25, 0.3) is 0 Å². The summed E-state index contributed by atoms with van der Waals surface area (Å²) in [6.45, 7) is 3.56. The first-order chi connectivity index (χ1) is 17.8. The average Bonchev–Trinajstić information content (AvgIpc) is 2.85. The van der Waals surface area contributed by atoms with E-state index in [0.29, 0.717) is 6.54 Å². The van der Waals surface area contributed by atoms with Crippen molar-refractivity contribution in [1.29, 1.82) is 0 Å².